The normalized spacial score (nSPS) is 10.8. The van der Waals surface area contributed by atoms with Gasteiger partial charge in [0.1, 0.15) is 5.82 Å². The Balaban J connectivity index is 2.34. The van der Waals surface area contributed by atoms with Gasteiger partial charge in [0.05, 0.1) is 0 Å². The van der Waals surface area contributed by atoms with Gasteiger partial charge in [-0.15, -0.1) is 0 Å². The van der Waals surface area contributed by atoms with Crippen LogP contribution in [0.25, 0.3) is 0 Å². The molecule has 0 fully saturated rings. The fourth-order valence-corrected chi connectivity index (χ4v) is 3.03. The first-order valence-electron chi connectivity index (χ1n) is 6.89. The highest BCUT2D eigenvalue weighted by Gasteiger charge is 2.11. The van der Waals surface area contributed by atoms with Crippen LogP contribution in [0.4, 0.5) is 4.39 Å². The zero-order valence-electron chi connectivity index (χ0n) is 11.9. The Bertz CT molecular complexity index is 672. The van der Waals surface area contributed by atoms with Crippen LogP contribution in [0.1, 0.15) is 24.6 Å². The molecular formula is C15H18FN3OS. The van der Waals surface area contributed by atoms with Gasteiger partial charge in [0, 0.05) is 22.2 Å². The van der Waals surface area contributed by atoms with Gasteiger partial charge in [-0.25, -0.2) is 9.37 Å². The molecule has 1 aromatic heterocycles. The van der Waals surface area contributed by atoms with E-state index in [1.165, 1.54) is 23.9 Å². The first kappa shape index (κ1) is 15.7. The summed E-state index contributed by atoms with van der Waals surface area (Å²) in [7, 11) is 0. The molecule has 0 saturated carbocycles. The number of nitrogens with two attached hydrogens (primary N) is 1. The maximum atomic E-state index is 13.9. The topological polar surface area (TPSA) is 71.8 Å². The number of aromatic nitrogens is 2. The predicted molar refractivity (Wildman–Crippen MR) is 82.1 cm³/mol. The second-order valence-electron chi connectivity index (χ2n) is 4.65. The third-order valence-electron chi connectivity index (χ3n) is 2.96. The van der Waals surface area contributed by atoms with Gasteiger partial charge in [-0.1, -0.05) is 31.2 Å². The number of benzene rings is 1. The SMILES string of the molecule is CCCc1cc(=O)[nH]c(Sc2cccc(F)c2CCN)n1. The van der Waals surface area contributed by atoms with Gasteiger partial charge in [-0.3, -0.25) is 4.79 Å². The average Bonchev–Trinajstić information content (AvgIpc) is 2.42. The Labute approximate surface area is 127 Å². The standard InChI is InChI=1S/C15H18FN3OS/c1-2-4-10-9-14(20)19-15(18-10)21-13-6-3-5-12(16)11(13)7-8-17/h3,5-6,9H,2,4,7-8,17H2,1H3,(H,18,19,20). The lowest BCUT2D eigenvalue weighted by atomic mass is 10.1. The molecule has 0 spiro atoms. The molecule has 2 aromatic rings. The van der Waals surface area contributed by atoms with Gasteiger partial charge in [0.25, 0.3) is 5.56 Å². The molecule has 0 aliphatic heterocycles. The smallest absolute Gasteiger partial charge is 0.251 e. The van der Waals surface area contributed by atoms with Crippen molar-refractivity contribution in [3.63, 3.8) is 0 Å². The Morgan fingerprint density at radius 2 is 2.19 bits per heavy atom. The largest absolute Gasteiger partial charge is 0.330 e. The Morgan fingerprint density at radius 1 is 1.38 bits per heavy atom. The van der Waals surface area contributed by atoms with E-state index in [0.717, 1.165) is 23.4 Å². The third kappa shape index (κ3) is 4.15. The van der Waals surface area contributed by atoms with Gasteiger partial charge in [-0.05, 0) is 31.5 Å². The predicted octanol–water partition coefficient (Wildman–Crippen LogP) is 2.51. The lowest BCUT2D eigenvalue weighted by molar-refractivity contribution is 0.603. The maximum absolute atomic E-state index is 13.9. The molecule has 4 nitrogen and oxygen atoms in total. The lowest BCUT2D eigenvalue weighted by Crippen LogP contribution is -2.10. The van der Waals surface area contributed by atoms with E-state index < -0.39 is 0 Å². The van der Waals surface area contributed by atoms with E-state index in [-0.39, 0.29) is 11.4 Å². The summed E-state index contributed by atoms with van der Waals surface area (Å²) in [5.41, 5.74) is 6.66. The molecular weight excluding hydrogens is 289 g/mol. The van der Waals surface area contributed by atoms with E-state index in [1.54, 1.807) is 6.07 Å². The molecule has 112 valence electrons. The van der Waals surface area contributed by atoms with Gasteiger partial charge in [-0.2, -0.15) is 0 Å². The number of aryl methyl sites for hydroxylation is 1. The highest BCUT2D eigenvalue weighted by molar-refractivity contribution is 7.99. The average molecular weight is 307 g/mol. The summed E-state index contributed by atoms with van der Waals surface area (Å²) in [5.74, 6) is -0.280. The van der Waals surface area contributed by atoms with Gasteiger partial charge in [0.2, 0.25) is 0 Å². The number of hydrogen-bond donors (Lipinski definition) is 2. The molecule has 2 rings (SSSR count). The minimum atomic E-state index is -0.280. The van der Waals surface area contributed by atoms with Gasteiger partial charge < -0.3 is 10.7 Å². The van der Waals surface area contributed by atoms with Crippen LogP contribution in [0.2, 0.25) is 0 Å². The zero-order chi connectivity index (χ0) is 15.2. The van der Waals surface area contributed by atoms with E-state index in [9.17, 15) is 9.18 Å². The molecule has 0 aliphatic carbocycles. The van der Waals surface area contributed by atoms with Crippen molar-refractivity contribution in [1.29, 1.82) is 0 Å². The number of H-pyrrole nitrogens is 1. The molecule has 6 heteroatoms. The molecule has 1 aromatic carbocycles. The van der Waals surface area contributed by atoms with Crippen molar-refractivity contribution >= 4 is 11.8 Å². The van der Waals surface area contributed by atoms with Crippen LogP contribution in [0.5, 0.6) is 0 Å². The van der Waals surface area contributed by atoms with Crippen LogP contribution < -0.4 is 11.3 Å². The van der Waals surface area contributed by atoms with E-state index >= 15 is 0 Å². The lowest BCUT2D eigenvalue weighted by Gasteiger charge is -2.09. The van der Waals surface area contributed by atoms with Crippen LogP contribution in [-0.4, -0.2) is 16.5 Å². The van der Waals surface area contributed by atoms with Crippen molar-refractivity contribution in [2.75, 3.05) is 6.54 Å². The molecule has 0 atom stereocenters. The van der Waals surface area contributed by atoms with E-state index in [4.69, 9.17) is 5.73 Å². The number of halogens is 1. The van der Waals surface area contributed by atoms with Crippen LogP contribution in [-0.2, 0) is 12.8 Å². The van der Waals surface area contributed by atoms with E-state index in [1.807, 2.05) is 13.0 Å². The summed E-state index contributed by atoms with van der Waals surface area (Å²) < 4.78 is 13.9. The molecule has 0 unspecified atom stereocenters. The van der Waals surface area contributed by atoms with Gasteiger partial charge >= 0.3 is 0 Å². The summed E-state index contributed by atoms with van der Waals surface area (Å²) in [6.07, 6.45) is 2.11. The van der Waals surface area contributed by atoms with E-state index in [0.29, 0.717) is 23.7 Å². The number of nitrogens with zero attached hydrogens (tertiary/aromatic N) is 1. The first-order chi connectivity index (χ1) is 10.1. The summed E-state index contributed by atoms with van der Waals surface area (Å²) in [4.78, 5) is 19.5. The Kier molecular flexibility index (Phi) is 5.52. The third-order valence-corrected chi connectivity index (χ3v) is 3.95. The molecule has 0 saturated heterocycles. The fraction of sp³-hybridized carbons (Fsp3) is 0.333. The monoisotopic (exact) mass is 307 g/mol. The maximum Gasteiger partial charge on any atom is 0.251 e. The molecule has 0 aliphatic rings. The molecule has 3 N–H and O–H groups in total. The second-order valence-corrected chi connectivity index (χ2v) is 5.68. The molecule has 0 amide bonds. The van der Waals surface area contributed by atoms with Crippen molar-refractivity contribution in [3.8, 4) is 0 Å². The van der Waals surface area contributed by atoms with Gasteiger partial charge in [0.15, 0.2) is 5.16 Å². The minimum absolute atomic E-state index is 0.187. The molecule has 21 heavy (non-hydrogen) atoms. The summed E-state index contributed by atoms with van der Waals surface area (Å²) in [6, 6.07) is 6.37. The first-order valence-corrected chi connectivity index (χ1v) is 7.71. The van der Waals surface area contributed by atoms with Crippen LogP contribution >= 0.6 is 11.8 Å². The number of nitrogens with one attached hydrogen (secondary N) is 1. The van der Waals surface area contributed by atoms with Crippen LogP contribution in [0, 0.1) is 5.82 Å². The summed E-state index contributed by atoms with van der Waals surface area (Å²) in [6.45, 7) is 2.40. The number of hydrogen-bond acceptors (Lipinski definition) is 4. The highest BCUT2D eigenvalue weighted by Crippen LogP contribution is 2.29. The summed E-state index contributed by atoms with van der Waals surface area (Å²) >= 11 is 1.26. The summed E-state index contributed by atoms with van der Waals surface area (Å²) in [5, 5.41) is 0.481. The number of rotatable bonds is 6. The van der Waals surface area contributed by atoms with Crippen molar-refractivity contribution < 1.29 is 4.39 Å². The quantitative estimate of drug-likeness (QED) is 0.804. The van der Waals surface area contributed by atoms with Crippen molar-refractivity contribution in [2.24, 2.45) is 5.73 Å². The van der Waals surface area contributed by atoms with Crippen LogP contribution in [0.3, 0.4) is 0 Å². The Hall–Kier alpha value is -1.66. The highest BCUT2D eigenvalue weighted by atomic mass is 32.2. The zero-order valence-corrected chi connectivity index (χ0v) is 12.7. The molecule has 0 bridgehead atoms. The number of aromatic amines is 1. The van der Waals surface area contributed by atoms with Crippen molar-refractivity contribution in [3.05, 3.63) is 51.7 Å². The fourth-order valence-electron chi connectivity index (χ4n) is 2.04. The van der Waals surface area contributed by atoms with Crippen molar-refractivity contribution in [2.45, 2.75) is 36.2 Å². The molecule has 1 heterocycles. The second kappa shape index (κ2) is 7.38. The minimum Gasteiger partial charge on any atom is -0.330 e. The van der Waals surface area contributed by atoms with Crippen molar-refractivity contribution in [1.82, 2.24) is 9.97 Å². The van der Waals surface area contributed by atoms with E-state index in [2.05, 4.69) is 9.97 Å². The van der Waals surface area contributed by atoms with Crippen LogP contribution in [0.15, 0.2) is 39.1 Å². The Morgan fingerprint density at radius 3 is 2.90 bits per heavy atom. The molecule has 0 radical (unpaired) electrons.